The lowest BCUT2D eigenvalue weighted by molar-refractivity contribution is -0.113. The number of rotatable bonds is 4. The fourth-order valence-electron chi connectivity index (χ4n) is 2.15. The Hall–Kier alpha value is -1.48. The third kappa shape index (κ3) is 3.46. The fraction of sp³-hybridized carbons (Fsp3) is 0.0625. The van der Waals surface area contributed by atoms with Gasteiger partial charge in [-0.15, -0.1) is 11.3 Å². The first-order chi connectivity index (χ1) is 11.7. The Kier molecular flexibility index (Phi) is 4.53. The van der Waals surface area contributed by atoms with Crippen molar-refractivity contribution in [3.05, 3.63) is 46.9 Å². The van der Waals surface area contributed by atoms with E-state index < -0.39 is 0 Å². The van der Waals surface area contributed by atoms with Crippen molar-refractivity contribution in [3.63, 3.8) is 0 Å². The van der Waals surface area contributed by atoms with Gasteiger partial charge in [0, 0.05) is 4.47 Å². The molecule has 0 aliphatic rings. The molecule has 0 fully saturated rings. The zero-order chi connectivity index (χ0) is 16.5. The maximum absolute atomic E-state index is 12.1. The van der Waals surface area contributed by atoms with Gasteiger partial charge in [0.1, 0.15) is 0 Å². The number of hydrogen-bond donors (Lipinski definition) is 1. The highest BCUT2D eigenvalue weighted by atomic mass is 79.9. The van der Waals surface area contributed by atoms with Crippen molar-refractivity contribution in [1.29, 1.82) is 0 Å². The van der Waals surface area contributed by atoms with E-state index in [0.29, 0.717) is 10.9 Å². The molecule has 8 heteroatoms. The topological polar surface area (TPSA) is 54.9 Å². The van der Waals surface area contributed by atoms with E-state index in [4.69, 9.17) is 0 Å². The summed E-state index contributed by atoms with van der Waals surface area (Å²) < 4.78 is 4.08. The first-order valence-corrected chi connectivity index (χ1v) is 10.4. The van der Waals surface area contributed by atoms with Crippen LogP contribution in [0.4, 0.5) is 5.13 Å². The zero-order valence-corrected chi connectivity index (χ0v) is 16.2. The molecule has 0 unspecified atom stereocenters. The molecular weight excluding hydrogens is 426 g/mol. The van der Waals surface area contributed by atoms with Crippen LogP contribution in [0.25, 0.3) is 20.4 Å². The van der Waals surface area contributed by atoms with E-state index in [1.807, 2.05) is 42.5 Å². The molecule has 0 spiro atoms. The van der Waals surface area contributed by atoms with E-state index in [9.17, 15) is 4.79 Å². The second-order valence-corrected chi connectivity index (χ2v) is 9.11. The standard InChI is InChI=1S/C16H10BrN3OS3/c17-9-5-6-11-13(7-9)23-15(18-11)20-14(21)8-22-16-19-10-3-1-2-4-12(10)24-16/h1-7H,8H2,(H,18,20,21). The van der Waals surface area contributed by atoms with Crippen LogP contribution in [0.15, 0.2) is 51.3 Å². The molecule has 120 valence electrons. The molecule has 0 aliphatic heterocycles. The predicted octanol–water partition coefficient (Wildman–Crippen LogP) is 5.40. The molecule has 1 N–H and O–H groups in total. The van der Waals surface area contributed by atoms with Crippen LogP contribution in [0.1, 0.15) is 0 Å². The molecule has 0 radical (unpaired) electrons. The van der Waals surface area contributed by atoms with Crippen LogP contribution < -0.4 is 5.32 Å². The van der Waals surface area contributed by atoms with Gasteiger partial charge in [0.2, 0.25) is 5.91 Å². The van der Waals surface area contributed by atoms with Gasteiger partial charge in [0.05, 0.1) is 26.2 Å². The smallest absolute Gasteiger partial charge is 0.236 e. The number of benzene rings is 2. The molecule has 2 aromatic heterocycles. The summed E-state index contributed by atoms with van der Waals surface area (Å²) >= 11 is 7.96. The number of amides is 1. The molecular formula is C16H10BrN3OS3. The lowest BCUT2D eigenvalue weighted by Crippen LogP contribution is -2.13. The van der Waals surface area contributed by atoms with Crippen LogP contribution >= 0.6 is 50.4 Å². The summed E-state index contributed by atoms with van der Waals surface area (Å²) in [6.45, 7) is 0. The molecule has 0 bridgehead atoms. The average molecular weight is 436 g/mol. The van der Waals surface area contributed by atoms with Crippen molar-refractivity contribution in [2.75, 3.05) is 11.1 Å². The minimum absolute atomic E-state index is 0.0719. The molecule has 0 saturated carbocycles. The van der Waals surface area contributed by atoms with E-state index >= 15 is 0 Å². The minimum Gasteiger partial charge on any atom is -0.301 e. The van der Waals surface area contributed by atoms with Crippen LogP contribution in [0.3, 0.4) is 0 Å². The molecule has 2 aromatic carbocycles. The molecule has 1 amide bonds. The Morgan fingerprint density at radius 1 is 1.08 bits per heavy atom. The number of para-hydroxylation sites is 1. The van der Waals surface area contributed by atoms with Crippen LogP contribution in [0, 0.1) is 0 Å². The van der Waals surface area contributed by atoms with Gasteiger partial charge >= 0.3 is 0 Å². The van der Waals surface area contributed by atoms with Crippen molar-refractivity contribution < 1.29 is 4.79 Å². The molecule has 4 aromatic rings. The van der Waals surface area contributed by atoms with Crippen molar-refractivity contribution >= 4 is 81.8 Å². The average Bonchev–Trinajstić information content (AvgIpc) is 3.15. The number of carbonyl (C=O) groups excluding carboxylic acids is 1. The Morgan fingerprint density at radius 2 is 1.92 bits per heavy atom. The van der Waals surface area contributed by atoms with E-state index in [-0.39, 0.29) is 5.91 Å². The summed E-state index contributed by atoms with van der Waals surface area (Å²) in [5.74, 6) is 0.247. The number of hydrogen-bond acceptors (Lipinski definition) is 6. The summed E-state index contributed by atoms with van der Waals surface area (Å²) in [4.78, 5) is 21.1. The summed E-state index contributed by atoms with van der Waals surface area (Å²) in [7, 11) is 0. The van der Waals surface area contributed by atoms with E-state index in [1.54, 1.807) is 11.3 Å². The normalized spacial score (nSPS) is 11.2. The zero-order valence-electron chi connectivity index (χ0n) is 12.2. The molecule has 4 rings (SSSR count). The monoisotopic (exact) mass is 435 g/mol. The minimum atomic E-state index is -0.0719. The first kappa shape index (κ1) is 16.0. The third-order valence-corrected chi connectivity index (χ3v) is 6.80. The molecule has 0 saturated heterocycles. The van der Waals surface area contributed by atoms with Crippen LogP contribution in [-0.4, -0.2) is 21.6 Å². The van der Waals surface area contributed by atoms with E-state index in [0.717, 1.165) is 29.2 Å². The molecule has 4 nitrogen and oxygen atoms in total. The molecule has 0 atom stereocenters. The lowest BCUT2D eigenvalue weighted by atomic mass is 10.3. The lowest BCUT2D eigenvalue weighted by Gasteiger charge is -1.99. The molecule has 0 aliphatic carbocycles. The van der Waals surface area contributed by atoms with Crippen molar-refractivity contribution in [2.24, 2.45) is 0 Å². The SMILES string of the molecule is O=C(CSc1nc2ccccc2s1)Nc1nc2ccc(Br)cc2s1. The Bertz CT molecular complexity index is 1010. The van der Waals surface area contributed by atoms with Gasteiger partial charge in [-0.1, -0.05) is 51.2 Å². The number of thioether (sulfide) groups is 1. The highest BCUT2D eigenvalue weighted by Gasteiger charge is 2.10. The number of anilines is 1. The number of halogens is 1. The predicted molar refractivity (Wildman–Crippen MR) is 106 cm³/mol. The van der Waals surface area contributed by atoms with E-state index in [2.05, 4.69) is 31.2 Å². The third-order valence-electron chi connectivity index (χ3n) is 3.20. The van der Waals surface area contributed by atoms with Crippen molar-refractivity contribution in [1.82, 2.24) is 9.97 Å². The second-order valence-electron chi connectivity index (χ2n) is 4.92. The number of carbonyl (C=O) groups is 1. The van der Waals surface area contributed by atoms with Crippen molar-refractivity contribution in [2.45, 2.75) is 4.34 Å². The summed E-state index contributed by atoms with van der Waals surface area (Å²) in [5.41, 5.74) is 1.86. The van der Waals surface area contributed by atoms with Crippen molar-refractivity contribution in [3.8, 4) is 0 Å². The summed E-state index contributed by atoms with van der Waals surface area (Å²) in [6, 6.07) is 13.9. The van der Waals surface area contributed by atoms with Gasteiger partial charge in [0.15, 0.2) is 9.47 Å². The van der Waals surface area contributed by atoms with Crippen LogP contribution in [0.2, 0.25) is 0 Å². The Labute approximate surface area is 158 Å². The van der Waals surface area contributed by atoms with Crippen LogP contribution in [-0.2, 0) is 4.79 Å². The highest BCUT2D eigenvalue weighted by molar-refractivity contribution is 9.10. The largest absolute Gasteiger partial charge is 0.301 e. The number of fused-ring (bicyclic) bond motifs is 2. The van der Waals surface area contributed by atoms with Gasteiger partial charge in [0.25, 0.3) is 0 Å². The van der Waals surface area contributed by atoms with Gasteiger partial charge in [-0.05, 0) is 30.3 Å². The van der Waals surface area contributed by atoms with Gasteiger partial charge in [-0.2, -0.15) is 0 Å². The summed E-state index contributed by atoms with van der Waals surface area (Å²) in [6.07, 6.45) is 0. The fourth-order valence-corrected chi connectivity index (χ4v) is 5.45. The second kappa shape index (κ2) is 6.79. The van der Waals surface area contributed by atoms with E-state index in [1.165, 1.54) is 23.1 Å². The van der Waals surface area contributed by atoms with Gasteiger partial charge in [-0.3, -0.25) is 4.79 Å². The number of thiazole rings is 2. The van der Waals surface area contributed by atoms with Crippen LogP contribution in [0.5, 0.6) is 0 Å². The highest BCUT2D eigenvalue weighted by Crippen LogP contribution is 2.30. The summed E-state index contributed by atoms with van der Waals surface area (Å²) in [5, 5.41) is 3.49. The van der Waals surface area contributed by atoms with Gasteiger partial charge in [-0.25, -0.2) is 9.97 Å². The Balaban J connectivity index is 1.42. The van der Waals surface area contributed by atoms with Gasteiger partial charge < -0.3 is 5.32 Å². The maximum Gasteiger partial charge on any atom is 0.236 e. The number of nitrogens with zero attached hydrogens (tertiary/aromatic N) is 2. The quantitative estimate of drug-likeness (QED) is 0.436. The number of aromatic nitrogens is 2. The molecule has 2 heterocycles. The first-order valence-electron chi connectivity index (χ1n) is 7.02. The number of nitrogens with one attached hydrogen (secondary N) is 1. The molecule has 24 heavy (non-hydrogen) atoms. The maximum atomic E-state index is 12.1. The Morgan fingerprint density at radius 3 is 2.79 bits per heavy atom.